The number of hydrogen-bond acceptors (Lipinski definition) is 2. The summed E-state index contributed by atoms with van der Waals surface area (Å²) in [6, 6.07) is 0. The Bertz CT molecular complexity index is 83.4. The number of carboxylic acids is 1. The fourth-order valence-corrected chi connectivity index (χ4v) is 0.246. The number of aliphatic hydroxyl groups is 1. The molecule has 0 amide bonds. The zero-order valence-electron chi connectivity index (χ0n) is 5.05. The highest BCUT2D eigenvalue weighted by Crippen LogP contribution is 1.85. The lowest BCUT2D eigenvalue weighted by Crippen LogP contribution is -2.07. The van der Waals surface area contributed by atoms with Gasteiger partial charge < -0.3 is 10.2 Å². The predicted molar refractivity (Wildman–Crippen MR) is 23.9 cm³/mol. The van der Waals surface area contributed by atoms with Crippen LogP contribution < -0.4 is 0 Å². The molecule has 1 atom stereocenters. The Kier molecular flexibility index (Phi) is 1.69. The molecule has 2 N–H and O–H groups in total. The van der Waals surface area contributed by atoms with Crippen molar-refractivity contribution in [1.82, 2.24) is 0 Å². The molecule has 3 heteroatoms. The lowest BCUT2D eigenvalue weighted by molar-refractivity contribution is -0.138. The van der Waals surface area contributed by atoms with Gasteiger partial charge in [0.2, 0.25) is 1.43 Å². The molecule has 1 unspecified atom stereocenters. The molecule has 0 rings (SSSR count). The number of rotatable bonds is 3. The van der Waals surface area contributed by atoms with Gasteiger partial charge in [0.15, 0.2) is 0 Å². The number of aliphatic hydroxyl groups excluding tert-OH is 1. The van der Waals surface area contributed by atoms with Gasteiger partial charge in [-0.2, -0.15) is 0 Å². The van der Waals surface area contributed by atoms with Crippen molar-refractivity contribution in [3.8, 4) is 0 Å². The van der Waals surface area contributed by atoms with Gasteiger partial charge in [0, 0.05) is 0 Å². The van der Waals surface area contributed by atoms with Gasteiger partial charge in [0.25, 0.3) is 0 Å². The number of carboxylic acid groups (broad SMARTS) is 1. The Hall–Kier alpha value is -0.570. The summed E-state index contributed by atoms with van der Waals surface area (Å²) in [7, 11) is 0. The van der Waals surface area contributed by atoms with Crippen LogP contribution in [0, 0.1) is 0 Å². The molecule has 0 aliphatic carbocycles. The number of carbonyl (C=O) groups is 1. The van der Waals surface area contributed by atoms with E-state index in [1.807, 2.05) is 0 Å². The van der Waals surface area contributed by atoms with Crippen molar-refractivity contribution in [2.45, 2.75) is 19.4 Å². The molecule has 0 heterocycles. The minimum atomic E-state index is -0.940. The summed E-state index contributed by atoms with van der Waals surface area (Å²) in [5.74, 6) is -0.940. The molecule has 7 heavy (non-hydrogen) atoms. The Morgan fingerprint density at radius 1 is 2.14 bits per heavy atom. The summed E-state index contributed by atoms with van der Waals surface area (Å²) < 4.78 is 6.24. The van der Waals surface area contributed by atoms with E-state index in [1.54, 1.807) is 0 Å². The van der Waals surface area contributed by atoms with Crippen LogP contribution in [0.1, 0.15) is 13.3 Å². The third kappa shape index (κ3) is 5.43. The molecule has 0 aromatic rings. The van der Waals surface area contributed by atoms with Crippen LogP contribution in [0.5, 0.6) is 0 Å². The van der Waals surface area contributed by atoms with E-state index in [9.17, 15) is 4.79 Å². The molecular formula is C4H8O3. The van der Waals surface area contributed by atoms with E-state index in [1.165, 1.54) is 6.92 Å². The summed E-state index contributed by atoms with van der Waals surface area (Å²) >= 11 is 0. The first kappa shape index (κ1) is 4.59. The molecule has 42 valence electrons. The fourth-order valence-electron chi connectivity index (χ4n) is 0.246. The Labute approximate surface area is 43.1 Å². The molecule has 0 aliphatic rings. The van der Waals surface area contributed by atoms with Gasteiger partial charge in [-0.15, -0.1) is 0 Å². The zero-order valence-corrected chi connectivity index (χ0v) is 4.05. The van der Waals surface area contributed by atoms with Crippen molar-refractivity contribution in [2.75, 3.05) is 0 Å². The molecule has 0 radical (unpaired) electrons. The van der Waals surface area contributed by atoms with E-state index in [0.29, 0.717) is 0 Å². The van der Waals surface area contributed by atoms with Crippen LogP contribution in [0.15, 0.2) is 0 Å². The summed E-state index contributed by atoms with van der Waals surface area (Å²) in [5.41, 5.74) is 0. The van der Waals surface area contributed by atoms with Crippen molar-refractivity contribution in [2.24, 2.45) is 0 Å². The SMILES string of the molecule is [2H]OC(C)CC(=O)O. The minimum Gasteiger partial charge on any atom is -0.481 e. The van der Waals surface area contributed by atoms with E-state index in [2.05, 4.69) is 5.11 Å². The quantitative estimate of drug-likeness (QED) is 0.524. The van der Waals surface area contributed by atoms with Gasteiger partial charge in [-0.25, -0.2) is 0 Å². The minimum absolute atomic E-state index is 0.108. The summed E-state index contributed by atoms with van der Waals surface area (Å²) in [4.78, 5) is 9.81. The maximum absolute atomic E-state index is 9.81. The van der Waals surface area contributed by atoms with E-state index in [4.69, 9.17) is 6.54 Å². The highest BCUT2D eigenvalue weighted by atomic mass is 16.4. The smallest absolute Gasteiger partial charge is 0.305 e. The first-order valence-electron chi connectivity index (χ1n) is 2.41. The summed E-state index contributed by atoms with van der Waals surface area (Å²) in [5, 5.41) is 12.0. The monoisotopic (exact) mass is 105 g/mol. The predicted octanol–water partition coefficient (Wildman–Crippen LogP) is -0.158. The summed E-state index contributed by atoms with van der Waals surface area (Å²) in [6.45, 7) is 1.53. The van der Waals surface area contributed by atoms with Crippen molar-refractivity contribution in [3.63, 3.8) is 0 Å². The van der Waals surface area contributed by atoms with Gasteiger partial charge in [0.1, 0.15) is 0 Å². The molecular weight excluding hydrogens is 96.0 g/mol. The molecule has 0 saturated carbocycles. The van der Waals surface area contributed by atoms with E-state index < -0.39 is 12.1 Å². The molecule has 0 saturated heterocycles. The normalized spacial score (nSPS) is 15.3. The average Bonchev–Trinajstić information content (AvgIpc) is 1.65. The second-order valence-corrected chi connectivity index (χ2v) is 1.41. The number of hydrogen-bond donors (Lipinski definition) is 2. The standard InChI is InChI=1S/C4H8O3/c1-3(5)2-4(6)7/h3,5H,2H2,1H3,(H,6,7)/i5D. The van der Waals surface area contributed by atoms with Crippen LogP contribution in [0.2, 0.25) is 0 Å². The summed E-state index contributed by atoms with van der Waals surface area (Å²) in [6.07, 6.45) is -0.615. The highest BCUT2D eigenvalue weighted by molar-refractivity contribution is 5.67. The van der Waals surface area contributed by atoms with Gasteiger partial charge in [-0.05, 0) is 6.92 Å². The molecule has 0 fully saturated rings. The maximum atomic E-state index is 9.81. The van der Waals surface area contributed by atoms with Crippen molar-refractivity contribution >= 4 is 5.97 Å². The molecule has 3 nitrogen and oxygen atoms in total. The van der Waals surface area contributed by atoms with Crippen LogP contribution in [0.25, 0.3) is 0 Å². The molecule has 0 bridgehead atoms. The van der Waals surface area contributed by atoms with Crippen LogP contribution >= 0.6 is 0 Å². The maximum Gasteiger partial charge on any atom is 0.305 e. The largest absolute Gasteiger partial charge is 0.481 e. The first-order chi connectivity index (χ1) is 3.66. The van der Waals surface area contributed by atoms with Crippen molar-refractivity contribution in [1.29, 1.82) is 1.43 Å². The van der Waals surface area contributed by atoms with Crippen LogP contribution in [0.3, 0.4) is 0 Å². The fraction of sp³-hybridized carbons (Fsp3) is 0.750. The Morgan fingerprint density at radius 3 is 2.86 bits per heavy atom. The topological polar surface area (TPSA) is 57.5 Å². The first-order valence-corrected chi connectivity index (χ1v) is 2.00. The van der Waals surface area contributed by atoms with E-state index in [0.717, 1.165) is 0 Å². The van der Waals surface area contributed by atoms with Crippen molar-refractivity contribution < 1.29 is 15.0 Å². The van der Waals surface area contributed by atoms with Crippen LogP contribution in [-0.2, 0) is 4.79 Å². The molecule has 0 aromatic heterocycles. The second-order valence-electron chi connectivity index (χ2n) is 1.41. The lowest BCUT2D eigenvalue weighted by atomic mass is 10.3. The third-order valence-electron chi connectivity index (χ3n) is 0.462. The average molecular weight is 105 g/mol. The third-order valence-corrected chi connectivity index (χ3v) is 0.462. The number of aliphatic carboxylic acids is 1. The van der Waals surface area contributed by atoms with E-state index >= 15 is 0 Å². The van der Waals surface area contributed by atoms with Gasteiger partial charge in [-0.3, -0.25) is 4.79 Å². The van der Waals surface area contributed by atoms with Crippen LogP contribution in [0.4, 0.5) is 0 Å². The molecule has 0 aromatic carbocycles. The van der Waals surface area contributed by atoms with Crippen molar-refractivity contribution in [3.05, 3.63) is 0 Å². The Morgan fingerprint density at radius 2 is 2.71 bits per heavy atom. The van der Waals surface area contributed by atoms with Crippen LogP contribution in [-0.4, -0.2) is 23.7 Å². The second kappa shape index (κ2) is 2.58. The molecule has 0 aliphatic heterocycles. The van der Waals surface area contributed by atoms with E-state index in [-0.39, 0.29) is 6.42 Å². The molecule has 0 spiro atoms. The Balaban J connectivity index is 3.24. The van der Waals surface area contributed by atoms with Gasteiger partial charge in [0.05, 0.1) is 12.5 Å². The zero-order chi connectivity index (χ0) is 6.57. The van der Waals surface area contributed by atoms with Gasteiger partial charge >= 0.3 is 5.97 Å². The lowest BCUT2D eigenvalue weighted by Gasteiger charge is -1.94. The van der Waals surface area contributed by atoms with Gasteiger partial charge in [-0.1, -0.05) is 0 Å². The highest BCUT2D eigenvalue weighted by Gasteiger charge is 2.00.